The molecule has 0 saturated carbocycles. The highest BCUT2D eigenvalue weighted by atomic mass is 32.2. The van der Waals surface area contributed by atoms with Gasteiger partial charge in [0.05, 0.1) is 35.6 Å². The number of nitrogens with zero attached hydrogens (tertiary/aromatic N) is 4. The van der Waals surface area contributed by atoms with Gasteiger partial charge in [-0.2, -0.15) is 0 Å². The van der Waals surface area contributed by atoms with Gasteiger partial charge in [-0.1, -0.05) is 24.3 Å². The van der Waals surface area contributed by atoms with E-state index in [9.17, 15) is 22.7 Å². The van der Waals surface area contributed by atoms with E-state index in [1.165, 1.54) is 21.4 Å². The molecule has 1 aromatic carbocycles. The molecule has 0 aliphatic carbocycles. The van der Waals surface area contributed by atoms with Crippen molar-refractivity contribution < 1.29 is 17.9 Å². The van der Waals surface area contributed by atoms with Gasteiger partial charge in [0.2, 0.25) is 5.88 Å². The van der Waals surface area contributed by atoms with E-state index in [0.717, 1.165) is 11.1 Å². The van der Waals surface area contributed by atoms with Gasteiger partial charge in [0.15, 0.2) is 9.84 Å². The minimum Gasteiger partial charge on any atom is -0.493 e. The van der Waals surface area contributed by atoms with Crippen molar-refractivity contribution in [3.8, 4) is 17.1 Å². The summed E-state index contributed by atoms with van der Waals surface area (Å²) in [6, 6.07) is 10.4. The predicted octanol–water partition coefficient (Wildman–Crippen LogP) is 1.86. The molecule has 0 unspecified atom stereocenters. The van der Waals surface area contributed by atoms with Gasteiger partial charge in [0.1, 0.15) is 5.82 Å². The fourth-order valence-electron chi connectivity index (χ4n) is 3.78. The molecule has 170 valence electrons. The molecular formula is C22H25FN4O4S. The molecule has 1 N–H and O–H groups in total. The lowest BCUT2D eigenvalue weighted by atomic mass is 10.1. The molecule has 1 aliphatic heterocycles. The highest BCUT2D eigenvalue weighted by Crippen LogP contribution is 2.21. The summed E-state index contributed by atoms with van der Waals surface area (Å²) in [5.41, 5.74) is 2.31. The molecule has 1 saturated heterocycles. The number of aromatic hydroxyl groups is 1. The zero-order valence-corrected chi connectivity index (χ0v) is 18.6. The Morgan fingerprint density at radius 3 is 2.38 bits per heavy atom. The molecule has 0 atom stereocenters. The maximum absolute atomic E-state index is 14.3. The van der Waals surface area contributed by atoms with Gasteiger partial charge >= 0.3 is 5.69 Å². The zero-order chi connectivity index (χ0) is 22.9. The van der Waals surface area contributed by atoms with E-state index >= 15 is 0 Å². The first kappa shape index (κ1) is 22.2. The minimum atomic E-state index is -2.99. The van der Waals surface area contributed by atoms with Crippen LogP contribution in [0.4, 0.5) is 4.39 Å². The number of imidazole rings is 1. The van der Waals surface area contributed by atoms with Crippen LogP contribution in [-0.4, -0.2) is 57.1 Å². The molecule has 0 bridgehead atoms. The average molecular weight is 461 g/mol. The Hall–Kier alpha value is -2.98. The van der Waals surface area contributed by atoms with Crippen LogP contribution in [0.15, 0.2) is 47.4 Å². The minimum absolute atomic E-state index is 0.0662. The average Bonchev–Trinajstić information content (AvgIpc) is 3.04. The highest BCUT2D eigenvalue weighted by Gasteiger charge is 2.23. The maximum atomic E-state index is 14.3. The maximum Gasteiger partial charge on any atom is 0.331 e. The number of sulfone groups is 1. The Kier molecular flexibility index (Phi) is 6.16. The van der Waals surface area contributed by atoms with Gasteiger partial charge < -0.3 is 5.11 Å². The SMILES string of the molecule is CCn1c(O)cn(Cc2ccc(-c3ccc(F)c(CN4CCS(=O)(=O)CC4)n3)cc2)c1=O. The molecule has 10 heteroatoms. The topological polar surface area (TPSA) is 97.4 Å². The van der Waals surface area contributed by atoms with Gasteiger partial charge in [-0.05, 0) is 24.6 Å². The van der Waals surface area contributed by atoms with Gasteiger partial charge in [-0.15, -0.1) is 0 Å². The predicted molar refractivity (Wildman–Crippen MR) is 119 cm³/mol. The molecule has 0 amide bonds. The molecule has 0 radical (unpaired) electrons. The number of aromatic nitrogens is 3. The summed E-state index contributed by atoms with van der Waals surface area (Å²) < 4.78 is 40.3. The Morgan fingerprint density at radius 1 is 1.06 bits per heavy atom. The van der Waals surface area contributed by atoms with Crippen LogP contribution in [0.25, 0.3) is 11.3 Å². The molecule has 1 fully saturated rings. The van der Waals surface area contributed by atoms with Crippen molar-refractivity contribution in [2.75, 3.05) is 24.6 Å². The van der Waals surface area contributed by atoms with Crippen molar-refractivity contribution in [1.82, 2.24) is 19.0 Å². The van der Waals surface area contributed by atoms with Gasteiger partial charge in [-0.3, -0.25) is 14.0 Å². The molecule has 1 aliphatic rings. The largest absolute Gasteiger partial charge is 0.493 e. The monoisotopic (exact) mass is 460 g/mol. The first-order valence-electron chi connectivity index (χ1n) is 10.4. The summed E-state index contributed by atoms with van der Waals surface area (Å²) in [4.78, 5) is 18.6. The fraction of sp³-hybridized carbons (Fsp3) is 0.364. The van der Waals surface area contributed by atoms with Crippen molar-refractivity contribution in [2.45, 2.75) is 26.6 Å². The Labute approximate surface area is 185 Å². The lowest BCUT2D eigenvalue weighted by Crippen LogP contribution is -2.40. The third kappa shape index (κ3) is 4.76. The van der Waals surface area contributed by atoms with E-state index in [1.807, 2.05) is 29.2 Å². The Bertz CT molecular complexity index is 1270. The van der Waals surface area contributed by atoms with Crippen LogP contribution in [0, 0.1) is 5.82 Å². The summed E-state index contributed by atoms with van der Waals surface area (Å²) in [6.07, 6.45) is 1.42. The summed E-state index contributed by atoms with van der Waals surface area (Å²) in [5, 5.41) is 9.84. The molecule has 8 nitrogen and oxygen atoms in total. The smallest absolute Gasteiger partial charge is 0.331 e. The summed E-state index contributed by atoms with van der Waals surface area (Å²) in [6.45, 7) is 3.50. The first-order valence-corrected chi connectivity index (χ1v) is 12.2. The second kappa shape index (κ2) is 8.87. The zero-order valence-electron chi connectivity index (χ0n) is 17.7. The lowest BCUT2D eigenvalue weighted by molar-refractivity contribution is 0.279. The van der Waals surface area contributed by atoms with Crippen molar-refractivity contribution in [2.24, 2.45) is 0 Å². The standard InChI is InChI=1S/C22H25FN4O4S/c1-2-27-21(28)15-26(22(27)29)13-16-3-5-17(6-4-16)19-8-7-18(23)20(24-19)14-25-9-11-32(30,31)12-10-25/h3-8,15,28H,2,9-14H2,1H3. The molecule has 0 spiro atoms. The van der Waals surface area contributed by atoms with Crippen molar-refractivity contribution in [3.63, 3.8) is 0 Å². The van der Waals surface area contributed by atoms with Crippen molar-refractivity contribution in [3.05, 3.63) is 70.2 Å². The molecule has 3 heterocycles. The summed E-state index contributed by atoms with van der Waals surface area (Å²) in [7, 11) is -2.99. The van der Waals surface area contributed by atoms with Gasteiger partial charge in [0.25, 0.3) is 0 Å². The van der Waals surface area contributed by atoms with E-state index < -0.39 is 15.7 Å². The van der Waals surface area contributed by atoms with Crippen LogP contribution in [-0.2, 0) is 29.5 Å². The molecule has 2 aromatic heterocycles. The Balaban J connectivity index is 1.49. The van der Waals surface area contributed by atoms with Crippen LogP contribution >= 0.6 is 0 Å². The van der Waals surface area contributed by atoms with Crippen LogP contribution in [0.5, 0.6) is 5.88 Å². The van der Waals surface area contributed by atoms with E-state index in [2.05, 4.69) is 4.98 Å². The van der Waals surface area contributed by atoms with Crippen molar-refractivity contribution >= 4 is 9.84 Å². The second-order valence-corrected chi connectivity index (χ2v) is 10.2. The number of pyridine rings is 1. The van der Waals surface area contributed by atoms with E-state index in [-0.39, 0.29) is 35.3 Å². The normalized spacial score (nSPS) is 16.3. The number of rotatable bonds is 6. The van der Waals surface area contributed by atoms with Gasteiger partial charge in [-0.25, -0.2) is 22.6 Å². The number of halogens is 1. The Morgan fingerprint density at radius 2 is 1.75 bits per heavy atom. The summed E-state index contributed by atoms with van der Waals surface area (Å²) >= 11 is 0. The lowest BCUT2D eigenvalue weighted by Gasteiger charge is -2.26. The molecule has 3 aromatic rings. The number of benzene rings is 1. The van der Waals surface area contributed by atoms with Crippen molar-refractivity contribution in [1.29, 1.82) is 0 Å². The fourth-order valence-corrected chi connectivity index (χ4v) is 5.06. The van der Waals surface area contributed by atoms with E-state index in [1.54, 1.807) is 13.0 Å². The number of hydrogen-bond donors (Lipinski definition) is 1. The van der Waals surface area contributed by atoms with Crippen LogP contribution < -0.4 is 5.69 Å². The van der Waals surface area contributed by atoms with Crippen LogP contribution in [0.3, 0.4) is 0 Å². The van der Waals surface area contributed by atoms with E-state index in [0.29, 0.717) is 31.9 Å². The molecule has 4 rings (SSSR count). The van der Waals surface area contributed by atoms with E-state index in [4.69, 9.17) is 0 Å². The molecule has 32 heavy (non-hydrogen) atoms. The van der Waals surface area contributed by atoms with Crippen LogP contribution in [0.2, 0.25) is 0 Å². The quantitative estimate of drug-likeness (QED) is 0.603. The highest BCUT2D eigenvalue weighted by molar-refractivity contribution is 7.91. The molecular weight excluding hydrogens is 435 g/mol. The number of hydrogen-bond acceptors (Lipinski definition) is 6. The summed E-state index contributed by atoms with van der Waals surface area (Å²) in [5.74, 6) is -0.321. The second-order valence-electron chi connectivity index (χ2n) is 7.89. The first-order chi connectivity index (χ1) is 15.3. The third-order valence-electron chi connectivity index (χ3n) is 5.67. The van der Waals surface area contributed by atoms with Gasteiger partial charge in [0, 0.05) is 31.7 Å². The van der Waals surface area contributed by atoms with Crippen LogP contribution in [0.1, 0.15) is 18.2 Å². The third-order valence-corrected chi connectivity index (χ3v) is 7.28.